The van der Waals surface area contributed by atoms with E-state index in [-0.39, 0.29) is 24.1 Å². The van der Waals surface area contributed by atoms with E-state index < -0.39 is 5.97 Å². The van der Waals surface area contributed by atoms with E-state index in [2.05, 4.69) is 57.4 Å². The molecule has 0 aliphatic carbocycles. The Hall–Kier alpha value is -4.74. The van der Waals surface area contributed by atoms with E-state index in [9.17, 15) is 4.79 Å². The number of piperidine rings is 1. The average Bonchev–Trinajstić information content (AvgIpc) is 3.01. The predicted molar refractivity (Wildman–Crippen MR) is 167 cm³/mol. The third-order valence-corrected chi connectivity index (χ3v) is 7.70. The van der Waals surface area contributed by atoms with E-state index in [0.29, 0.717) is 17.3 Å². The summed E-state index contributed by atoms with van der Waals surface area (Å²) >= 11 is 0. The van der Waals surface area contributed by atoms with Crippen molar-refractivity contribution in [3.63, 3.8) is 0 Å². The summed E-state index contributed by atoms with van der Waals surface area (Å²) < 4.78 is 11.6. The summed E-state index contributed by atoms with van der Waals surface area (Å²) in [5.74, 6) is 0.671. The van der Waals surface area contributed by atoms with Crippen LogP contribution in [0.3, 0.4) is 0 Å². The molecule has 8 heteroatoms. The molecule has 0 radical (unpaired) electrons. The molecular weight excluding hydrogens is 538 g/mol. The Labute approximate surface area is 253 Å². The van der Waals surface area contributed by atoms with Crippen LogP contribution in [0.5, 0.6) is 11.6 Å². The Morgan fingerprint density at radius 2 is 1.67 bits per heavy atom. The van der Waals surface area contributed by atoms with Gasteiger partial charge in [-0.3, -0.25) is 4.90 Å². The van der Waals surface area contributed by atoms with E-state index in [1.165, 1.54) is 17.3 Å². The van der Waals surface area contributed by atoms with Gasteiger partial charge in [-0.1, -0.05) is 42.0 Å². The largest absolute Gasteiger partial charge is 0.462 e. The minimum Gasteiger partial charge on any atom is -0.462 e. The van der Waals surface area contributed by atoms with Gasteiger partial charge in [-0.05, 0) is 92.6 Å². The highest BCUT2D eigenvalue weighted by Gasteiger charge is 2.23. The maximum absolute atomic E-state index is 12.8. The maximum Gasteiger partial charge on any atom is 0.345 e. The van der Waals surface area contributed by atoms with E-state index in [1.807, 2.05) is 38.1 Å². The Balaban J connectivity index is 1.32. The van der Waals surface area contributed by atoms with Gasteiger partial charge in [-0.2, -0.15) is 10.2 Å². The Bertz CT molecular complexity index is 1600. The number of nitrogens with one attached hydrogen (secondary N) is 1. The van der Waals surface area contributed by atoms with Gasteiger partial charge in [0.15, 0.2) is 0 Å². The molecule has 2 heterocycles. The molecule has 1 N–H and O–H groups in total. The van der Waals surface area contributed by atoms with Crippen molar-refractivity contribution in [1.29, 1.82) is 5.26 Å². The van der Waals surface area contributed by atoms with Gasteiger partial charge in [0.1, 0.15) is 11.3 Å². The lowest BCUT2D eigenvalue weighted by Gasteiger charge is -2.32. The number of carbonyl (C=O) groups is 1. The lowest BCUT2D eigenvalue weighted by Crippen LogP contribution is -2.39. The first-order chi connectivity index (χ1) is 20.8. The predicted octanol–water partition coefficient (Wildman–Crippen LogP) is 6.99. The smallest absolute Gasteiger partial charge is 0.345 e. The summed E-state index contributed by atoms with van der Waals surface area (Å²) in [7, 11) is 0. The van der Waals surface area contributed by atoms with Crippen LogP contribution < -0.4 is 10.1 Å². The van der Waals surface area contributed by atoms with Crippen molar-refractivity contribution < 1.29 is 14.3 Å². The number of aromatic nitrogens is 2. The molecule has 1 fully saturated rings. The lowest BCUT2D eigenvalue weighted by molar-refractivity contribution is 0.0522. The Morgan fingerprint density at radius 3 is 2.30 bits per heavy atom. The zero-order valence-electron chi connectivity index (χ0n) is 25.2. The molecule has 4 aromatic rings. The number of hydrogen-bond donors (Lipinski definition) is 1. The van der Waals surface area contributed by atoms with Gasteiger partial charge >= 0.3 is 5.97 Å². The number of likely N-dealkylation sites (tertiary alicyclic amines) is 1. The minimum absolute atomic E-state index is 0.157. The maximum atomic E-state index is 12.8. The summed E-state index contributed by atoms with van der Waals surface area (Å²) in [5, 5.41) is 12.6. The lowest BCUT2D eigenvalue weighted by atomic mass is 9.99. The van der Waals surface area contributed by atoms with Crippen LogP contribution in [0.15, 0.2) is 66.9 Å². The fourth-order valence-electron chi connectivity index (χ4n) is 5.34. The van der Waals surface area contributed by atoms with E-state index >= 15 is 0 Å². The first kappa shape index (κ1) is 29.7. The molecule has 0 amide bonds. The van der Waals surface area contributed by atoms with Crippen LogP contribution >= 0.6 is 0 Å². The molecule has 1 aliphatic heterocycles. The standard InChI is InChI=1S/C35H37N5O3/c1-5-42-34(41)31-21-37-35(38-30-14-16-40(17-15-30)22-27-8-6-23(2)7-9-27)39-33(31)43-32-24(3)18-29(19-25(32)4)28-12-10-26(20-36)11-13-28/h6-13,18-19,21,30H,5,14-17,22H2,1-4H3,(H,37,38,39). The van der Waals surface area contributed by atoms with Crippen LogP contribution in [0.4, 0.5) is 5.95 Å². The van der Waals surface area contributed by atoms with Crippen molar-refractivity contribution in [2.24, 2.45) is 0 Å². The van der Waals surface area contributed by atoms with Gasteiger partial charge in [-0.15, -0.1) is 0 Å². The van der Waals surface area contributed by atoms with E-state index in [0.717, 1.165) is 54.7 Å². The van der Waals surface area contributed by atoms with Crippen molar-refractivity contribution in [2.75, 3.05) is 25.0 Å². The molecule has 220 valence electrons. The number of aryl methyl sites for hydroxylation is 3. The third kappa shape index (κ3) is 7.37. The minimum atomic E-state index is -0.530. The van der Waals surface area contributed by atoms with Gasteiger partial charge in [0.05, 0.1) is 24.4 Å². The zero-order valence-corrected chi connectivity index (χ0v) is 25.2. The Kier molecular flexibility index (Phi) is 9.33. The summed E-state index contributed by atoms with van der Waals surface area (Å²) in [5.41, 5.74) is 7.19. The number of nitriles is 1. The van der Waals surface area contributed by atoms with Crippen molar-refractivity contribution in [3.05, 3.63) is 100 Å². The number of carbonyl (C=O) groups excluding carboxylic acids is 1. The van der Waals surface area contributed by atoms with Gasteiger partial charge < -0.3 is 14.8 Å². The van der Waals surface area contributed by atoms with E-state index in [4.69, 9.17) is 14.7 Å². The quantitative estimate of drug-likeness (QED) is 0.213. The molecular formula is C35H37N5O3. The first-order valence-corrected chi connectivity index (χ1v) is 14.7. The number of benzene rings is 3. The number of anilines is 1. The van der Waals surface area contributed by atoms with Crippen molar-refractivity contribution in [3.8, 4) is 28.8 Å². The fraction of sp³-hybridized carbons (Fsp3) is 0.314. The number of rotatable bonds is 9. The summed E-state index contributed by atoms with van der Waals surface area (Å²) in [6.07, 6.45) is 3.39. The fourth-order valence-corrected chi connectivity index (χ4v) is 5.34. The average molecular weight is 576 g/mol. The normalized spacial score (nSPS) is 13.7. The van der Waals surface area contributed by atoms with Crippen LogP contribution in [0.2, 0.25) is 0 Å². The Morgan fingerprint density at radius 1 is 1.00 bits per heavy atom. The van der Waals surface area contributed by atoms with Gasteiger partial charge in [0, 0.05) is 25.7 Å². The topological polar surface area (TPSA) is 100 Å². The second kappa shape index (κ2) is 13.5. The molecule has 0 unspecified atom stereocenters. The van der Waals surface area contributed by atoms with Gasteiger partial charge in [0.2, 0.25) is 11.8 Å². The molecule has 5 rings (SSSR count). The highest BCUT2D eigenvalue weighted by Crippen LogP contribution is 2.34. The second-order valence-electron chi connectivity index (χ2n) is 11.0. The number of ether oxygens (including phenoxy) is 2. The zero-order chi connectivity index (χ0) is 30.3. The van der Waals surface area contributed by atoms with Crippen LogP contribution in [0.1, 0.15) is 57.9 Å². The van der Waals surface area contributed by atoms with Crippen molar-refractivity contribution in [2.45, 2.75) is 53.1 Å². The number of nitrogens with zero attached hydrogens (tertiary/aromatic N) is 4. The van der Waals surface area contributed by atoms with Crippen LogP contribution in [-0.2, 0) is 11.3 Å². The summed E-state index contributed by atoms with van der Waals surface area (Å²) in [6.45, 7) is 10.9. The third-order valence-electron chi connectivity index (χ3n) is 7.70. The van der Waals surface area contributed by atoms with Crippen molar-refractivity contribution in [1.82, 2.24) is 14.9 Å². The molecule has 43 heavy (non-hydrogen) atoms. The van der Waals surface area contributed by atoms with Gasteiger partial charge in [0.25, 0.3) is 0 Å². The monoisotopic (exact) mass is 575 g/mol. The van der Waals surface area contributed by atoms with Gasteiger partial charge in [-0.25, -0.2) is 9.78 Å². The van der Waals surface area contributed by atoms with Crippen LogP contribution in [-0.4, -0.2) is 46.6 Å². The molecule has 1 saturated heterocycles. The molecule has 0 saturated carbocycles. The second-order valence-corrected chi connectivity index (χ2v) is 11.0. The molecule has 8 nitrogen and oxygen atoms in total. The molecule has 0 bridgehead atoms. The molecule has 1 aliphatic rings. The number of hydrogen-bond acceptors (Lipinski definition) is 8. The SMILES string of the molecule is CCOC(=O)c1cnc(NC2CCN(Cc3ccc(C)cc3)CC2)nc1Oc1c(C)cc(-c2ccc(C#N)cc2)cc1C. The molecule has 1 aromatic heterocycles. The first-order valence-electron chi connectivity index (χ1n) is 14.7. The molecule has 0 spiro atoms. The van der Waals surface area contributed by atoms with Crippen LogP contribution in [0, 0.1) is 32.1 Å². The number of esters is 1. The highest BCUT2D eigenvalue weighted by atomic mass is 16.5. The highest BCUT2D eigenvalue weighted by molar-refractivity contribution is 5.91. The van der Waals surface area contributed by atoms with Crippen LogP contribution in [0.25, 0.3) is 11.1 Å². The summed E-state index contributed by atoms with van der Waals surface area (Å²) in [6, 6.07) is 22.6. The van der Waals surface area contributed by atoms with E-state index in [1.54, 1.807) is 19.1 Å². The molecule has 3 aromatic carbocycles. The van der Waals surface area contributed by atoms with Crippen molar-refractivity contribution >= 4 is 11.9 Å². The molecule has 0 atom stereocenters. The summed E-state index contributed by atoms with van der Waals surface area (Å²) in [4.78, 5) is 24.4.